The Bertz CT molecular complexity index is 781. The topological polar surface area (TPSA) is 94.9 Å². The first-order chi connectivity index (χ1) is 11.6. The fraction of sp³-hybridized carbons (Fsp3) is 0.286. The van der Waals surface area contributed by atoms with Crippen molar-refractivity contribution in [3.63, 3.8) is 0 Å². The zero-order valence-corrected chi connectivity index (χ0v) is 14.8. The van der Waals surface area contributed by atoms with Gasteiger partial charge in [0.1, 0.15) is 5.01 Å². The number of nitrogens with one attached hydrogen (secondary N) is 1. The first-order valence-corrected chi connectivity index (χ1v) is 8.60. The Morgan fingerprint density at radius 1 is 1.12 bits per heavy atom. The zero-order chi connectivity index (χ0) is 17.1. The van der Waals surface area contributed by atoms with E-state index in [1.165, 1.54) is 23.1 Å². The highest BCUT2D eigenvalue weighted by Gasteiger charge is 2.19. The number of amides is 1. The molecule has 0 saturated carbocycles. The van der Waals surface area contributed by atoms with Gasteiger partial charge in [-0.25, -0.2) is 0 Å². The zero-order valence-electron chi connectivity index (χ0n) is 13.2. The second-order valence-corrected chi connectivity index (χ2v) is 6.48. The maximum atomic E-state index is 11.2. The minimum atomic E-state index is -0.0619. The summed E-state index contributed by atoms with van der Waals surface area (Å²) in [4.78, 5) is 15.5. The van der Waals surface area contributed by atoms with Crippen molar-refractivity contribution in [2.45, 2.75) is 0 Å². The molecule has 0 atom stereocenters. The normalized spacial score (nSPS) is 15.5. The lowest BCUT2D eigenvalue weighted by Crippen LogP contribution is -2.19. The Kier molecular flexibility index (Phi) is 4.86. The van der Waals surface area contributed by atoms with Crippen LogP contribution in [-0.2, 0) is 4.79 Å². The van der Waals surface area contributed by atoms with E-state index in [0.29, 0.717) is 38.3 Å². The van der Waals surface area contributed by atoms with Gasteiger partial charge >= 0.3 is 0 Å². The molecule has 2 aromatic rings. The molecule has 126 valence electrons. The van der Waals surface area contributed by atoms with Crippen LogP contribution in [0.3, 0.4) is 0 Å². The van der Waals surface area contributed by atoms with E-state index in [1.54, 1.807) is 33.5 Å². The molecule has 0 radical (unpaired) electrons. The molecule has 2 heterocycles. The predicted molar refractivity (Wildman–Crippen MR) is 92.7 cm³/mol. The summed E-state index contributed by atoms with van der Waals surface area (Å²) in [7, 11) is 4.66. The maximum absolute atomic E-state index is 11.2. The van der Waals surface area contributed by atoms with Crippen molar-refractivity contribution < 1.29 is 19.0 Å². The predicted octanol–water partition coefficient (Wildman–Crippen LogP) is 2.08. The summed E-state index contributed by atoms with van der Waals surface area (Å²) in [5.41, 5.74) is 0.775. The summed E-state index contributed by atoms with van der Waals surface area (Å²) in [5, 5.41) is 12.5. The van der Waals surface area contributed by atoms with Gasteiger partial charge in [-0.05, 0) is 12.1 Å². The van der Waals surface area contributed by atoms with Crippen molar-refractivity contribution in [1.82, 2.24) is 15.5 Å². The van der Waals surface area contributed by atoms with Crippen LogP contribution in [-0.4, -0.2) is 48.4 Å². The van der Waals surface area contributed by atoms with Crippen LogP contribution in [0.15, 0.2) is 17.1 Å². The average Bonchev–Trinajstić information content (AvgIpc) is 3.22. The highest BCUT2D eigenvalue weighted by molar-refractivity contribution is 8.15. The van der Waals surface area contributed by atoms with Crippen LogP contribution < -0.4 is 19.5 Å². The highest BCUT2D eigenvalue weighted by atomic mass is 32.2. The number of carbonyl (C=O) groups excluding carboxylic acids is 1. The minimum absolute atomic E-state index is 0.0619. The van der Waals surface area contributed by atoms with Gasteiger partial charge in [-0.2, -0.15) is 4.99 Å². The Hall–Kier alpha value is -2.33. The number of thioether (sulfide) groups is 1. The van der Waals surface area contributed by atoms with Gasteiger partial charge in [0.2, 0.25) is 16.8 Å². The summed E-state index contributed by atoms with van der Waals surface area (Å²) >= 11 is 2.64. The van der Waals surface area contributed by atoms with E-state index in [4.69, 9.17) is 14.2 Å². The molecule has 3 rings (SSSR count). The fourth-order valence-electron chi connectivity index (χ4n) is 2.05. The summed E-state index contributed by atoms with van der Waals surface area (Å²) in [5.74, 6) is 1.89. The van der Waals surface area contributed by atoms with E-state index in [2.05, 4.69) is 20.5 Å². The van der Waals surface area contributed by atoms with Gasteiger partial charge in [0.15, 0.2) is 16.7 Å². The number of benzene rings is 1. The van der Waals surface area contributed by atoms with Crippen LogP contribution >= 0.6 is 23.1 Å². The summed E-state index contributed by atoms with van der Waals surface area (Å²) in [6.07, 6.45) is 0. The van der Waals surface area contributed by atoms with Gasteiger partial charge in [-0.3, -0.25) is 4.79 Å². The fourth-order valence-corrected chi connectivity index (χ4v) is 3.50. The molecule has 1 aromatic carbocycles. The molecule has 8 nitrogen and oxygen atoms in total. The molecule has 0 unspecified atom stereocenters. The van der Waals surface area contributed by atoms with Gasteiger partial charge in [-0.15, -0.1) is 10.2 Å². The number of ether oxygens (including phenoxy) is 3. The number of rotatable bonds is 5. The largest absolute Gasteiger partial charge is 0.493 e. The standard InChI is InChI=1S/C14H14N4O4S2/c1-20-8-4-7(5-9(21-2)11(8)22-3)12-17-18-14(24-12)16-13-15-10(19)6-23-13/h4-5H,6H2,1-3H3,(H,15,16,18,19). The molecule has 1 saturated heterocycles. The molecular formula is C14H14N4O4S2. The number of aromatic nitrogens is 2. The Labute approximate surface area is 146 Å². The van der Waals surface area contributed by atoms with Crippen LogP contribution in [0.2, 0.25) is 0 Å². The summed E-state index contributed by atoms with van der Waals surface area (Å²) < 4.78 is 16.0. The number of methoxy groups -OCH3 is 3. The van der Waals surface area contributed by atoms with Crippen LogP contribution in [0.25, 0.3) is 10.6 Å². The maximum Gasteiger partial charge on any atom is 0.236 e. The van der Waals surface area contributed by atoms with Crippen molar-refractivity contribution in [1.29, 1.82) is 0 Å². The number of carbonyl (C=O) groups is 1. The number of hydrogen-bond acceptors (Lipinski definition) is 9. The van der Waals surface area contributed by atoms with Gasteiger partial charge in [-0.1, -0.05) is 23.1 Å². The molecule has 0 spiro atoms. The average molecular weight is 366 g/mol. The SMILES string of the molecule is COc1cc(-c2nnc(N=C3NC(=O)CS3)s2)cc(OC)c1OC. The van der Waals surface area contributed by atoms with Gasteiger partial charge in [0, 0.05) is 5.56 Å². The molecule has 1 aliphatic heterocycles. The molecule has 1 aliphatic rings. The second-order valence-electron chi connectivity index (χ2n) is 4.56. The third-order valence-electron chi connectivity index (χ3n) is 3.11. The number of hydrogen-bond donors (Lipinski definition) is 1. The quantitative estimate of drug-likeness (QED) is 0.865. The third-order valence-corrected chi connectivity index (χ3v) is 4.85. The number of nitrogens with zero attached hydrogens (tertiary/aromatic N) is 3. The summed E-state index contributed by atoms with van der Waals surface area (Å²) in [6, 6.07) is 3.59. The van der Waals surface area contributed by atoms with E-state index >= 15 is 0 Å². The second kappa shape index (κ2) is 7.05. The molecule has 0 bridgehead atoms. The monoisotopic (exact) mass is 366 g/mol. The van der Waals surface area contributed by atoms with Crippen LogP contribution in [0.1, 0.15) is 0 Å². The molecule has 10 heteroatoms. The molecule has 0 aliphatic carbocycles. The van der Waals surface area contributed by atoms with Crippen molar-refractivity contribution in [3.05, 3.63) is 12.1 Å². The first-order valence-electron chi connectivity index (χ1n) is 6.79. The molecular weight excluding hydrogens is 352 g/mol. The van der Waals surface area contributed by atoms with Gasteiger partial charge in [0.25, 0.3) is 0 Å². The third kappa shape index (κ3) is 3.29. The molecule has 1 fully saturated rings. The van der Waals surface area contributed by atoms with Crippen LogP contribution in [0.5, 0.6) is 17.2 Å². The lowest BCUT2D eigenvalue weighted by Gasteiger charge is -2.12. The van der Waals surface area contributed by atoms with E-state index in [1.807, 2.05) is 0 Å². The Morgan fingerprint density at radius 3 is 2.38 bits per heavy atom. The Morgan fingerprint density at radius 2 is 1.83 bits per heavy atom. The smallest absolute Gasteiger partial charge is 0.236 e. The number of amidine groups is 1. The van der Waals surface area contributed by atoms with E-state index in [9.17, 15) is 4.79 Å². The molecule has 24 heavy (non-hydrogen) atoms. The van der Waals surface area contributed by atoms with Crippen molar-refractivity contribution >= 4 is 39.3 Å². The van der Waals surface area contributed by atoms with Crippen LogP contribution in [0, 0.1) is 0 Å². The minimum Gasteiger partial charge on any atom is -0.493 e. The van der Waals surface area contributed by atoms with Crippen LogP contribution in [0.4, 0.5) is 5.13 Å². The lowest BCUT2D eigenvalue weighted by molar-refractivity contribution is -0.116. The van der Waals surface area contributed by atoms with Gasteiger partial charge < -0.3 is 19.5 Å². The van der Waals surface area contributed by atoms with Crippen molar-refractivity contribution in [2.75, 3.05) is 27.1 Å². The molecule has 1 amide bonds. The van der Waals surface area contributed by atoms with E-state index in [-0.39, 0.29) is 5.91 Å². The number of aliphatic imine (C=N–C) groups is 1. The van der Waals surface area contributed by atoms with E-state index < -0.39 is 0 Å². The molecule has 1 N–H and O–H groups in total. The Balaban J connectivity index is 1.94. The van der Waals surface area contributed by atoms with Gasteiger partial charge in [0.05, 0.1) is 27.1 Å². The molecule has 1 aromatic heterocycles. The van der Waals surface area contributed by atoms with Crippen molar-refractivity contribution in [2.24, 2.45) is 4.99 Å². The highest BCUT2D eigenvalue weighted by Crippen LogP contribution is 2.42. The lowest BCUT2D eigenvalue weighted by atomic mass is 10.2. The van der Waals surface area contributed by atoms with Crippen molar-refractivity contribution in [3.8, 4) is 27.8 Å². The summed E-state index contributed by atoms with van der Waals surface area (Å²) in [6.45, 7) is 0. The van der Waals surface area contributed by atoms with E-state index in [0.717, 1.165) is 5.56 Å². The first kappa shape index (κ1) is 16.5.